The molecule has 0 saturated heterocycles. The summed E-state index contributed by atoms with van der Waals surface area (Å²) in [6.07, 6.45) is 2.16. The second-order valence-electron chi connectivity index (χ2n) is 4.59. The molecule has 0 saturated carbocycles. The fourth-order valence-corrected chi connectivity index (χ4v) is 2.18. The zero-order valence-electron chi connectivity index (χ0n) is 12.1. The first-order chi connectivity index (χ1) is 10.9. The maximum absolute atomic E-state index is 13.2. The molecule has 3 nitrogen and oxygen atoms in total. The van der Waals surface area contributed by atoms with E-state index in [9.17, 15) is 13.2 Å². The molecule has 0 unspecified atom stereocenters. The number of halogens is 4. The molecule has 0 aliphatic heterocycles. The van der Waals surface area contributed by atoms with Gasteiger partial charge < -0.3 is 9.52 Å². The van der Waals surface area contributed by atoms with E-state index in [1.807, 2.05) is 0 Å². The molecule has 2 aromatic rings. The van der Waals surface area contributed by atoms with Crippen LogP contribution < -0.4 is 0 Å². The second kappa shape index (κ2) is 7.14. The Hall–Kier alpha value is -1.86. The zero-order chi connectivity index (χ0) is 17.0. The lowest BCUT2D eigenvalue weighted by atomic mass is 10.1. The third kappa shape index (κ3) is 3.92. The summed E-state index contributed by atoms with van der Waals surface area (Å²) in [5, 5.41) is 9.13. The van der Waals surface area contributed by atoms with Gasteiger partial charge in [0.15, 0.2) is 5.58 Å². The molecule has 0 aliphatic carbocycles. The summed E-state index contributed by atoms with van der Waals surface area (Å²) >= 11 is 3.11. The molecule has 1 aromatic carbocycles. The minimum Gasteiger partial charge on any atom is -0.435 e. The van der Waals surface area contributed by atoms with E-state index in [1.165, 1.54) is 6.07 Å². The molecule has 1 aromatic heterocycles. The van der Waals surface area contributed by atoms with Crippen molar-refractivity contribution in [1.29, 1.82) is 0 Å². The molecule has 0 radical (unpaired) electrons. The van der Waals surface area contributed by atoms with Crippen LogP contribution in [0.1, 0.15) is 23.9 Å². The van der Waals surface area contributed by atoms with Gasteiger partial charge in [-0.2, -0.15) is 13.2 Å². The number of hydrogen-bond acceptors (Lipinski definition) is 3. The average Bonchev–Trinajstić information content (AvgIpc) is 2.92. The van der Waals surface area contributed by atoms with Crippen molar-refractivity contribution in [2.45, 2.75) is 19.7 Å². The van der Waals surface area contributed by atoms with Crippen LogP contribution in [0.15, 0.2) is 45.8 Å². The van der Waals surface area contributed by atoms with Crippen molar-refractivity contribution < 1.29 is 22.7 Å². The Kier molecular flexibility index (Phi) is 5.43. The Balaban J connectivity index is 2.61. The number of oxazole rings is 1. The van der Waals surface area contributed by atoms with E-state index in [4.69, 9.17) is 9.52 Å². The summed E-state index contributed by atoms with van der Waals surface area (Å²) in [5.74, 6) is 0.0855. The minimum absolute atomic E-state index is 0.0580. The van der Waals surface area contributed by atoms with Gasteiger partial charge in [0.05, 0.1) is 6.61 Å². The lowest BCUT2D eigenvalue weighted by molar-refractivity contribution is -0.136. The van der Waals surface area contributed by atoms with E-state index in [2.05, 4.69) is 20.9 Å². The molecule has 0 spiro atoms. The van der Waals surface area contributed by atoms with E-state index in [1.54, 1.807) is 36.2 Å². The average molecular weight is 388 g/mol. The molecule has 0 atom stereocenters. The van der Waals surface area contributed by atoms with Crippen LogP contribution in [0.2, 0.25) is 0 Å². The number of aliphatic hydroxyl groups is 1. The van der Waals surface area contributed by atoms with Crippen molar-refractivity contribution in [3.05, 3.63) is 58.4 Å². The summed E-state index contributed by atoms with van der Waals surface area (Å²) in [5.41, 5.74) is -0.552. The molecule has 2 rings (SSSR count). The van der Waals surface area contributed by atoms with Crippen molar-refractivity contribution in [1.82, 2.24) is 4.98 Å². The normalized spacial score (nSPS) is 13.7. The fraction of sp³-hybridized carbons (Fsp3) is 0.188. The molecule has 0 amide bonds. The van der Waals surface area contributed by atoms with Crippen LogP contribution in [0, 0.1) is 0 Å². The minimum atomic E-state index is -4.59. The maximum Gasteiger partial charge on any atom is 0.420 e. The Morgan fingerprint density at radius 2 is 2.09 bits per heavy atom. The van der Waals surface area contributed by atoms with Gasteiger partial charge >= 0.3 is 6.18 Å². The van der Waals surface area contributed by atoms with Gasteiger partial charge in [-0.3, -0.25) is 0 Å². The van der Waals surface area contributed by atoms with Gasteiger partial charge in [0.1, 0.15) is 11.1 Å². The Bertz CT molecular complexity index is 788. The van der Waals surface area contributed by atoms with E-state index < -0.39 is 18.3 Å². The highest BCUT2D eigenvalue weighted by molar-refractivity contribution is 9.11. The Morgan fingerprint density at radius 3 is 2.65 bits per heavy atom. The number of aliphatic hydroxyl groups excluding tert-OH is 1. The van der Waals surface area contributed by atoms with Crippen LogP contribution in [0.3, 0.4) is 0 Å². The molecule has 122 valence electrons. The number of benzene rings is 1. The summed E-state index contributed by atoms with van der Waals surface area (Å²) in [7, 11) is 0. The number of rotatable bonds is 4. The highest BCUT2D eigenvalue weighted by atomic mass is 79.9. The van der Waals surface area contributed by atoms with Crippen molar-refractivity contribution in [2.24, 2.45) is 0 Å². The summed E-state index contributed by atoms with van der Waals surface area (Å²) in [6, 6.07) is 2.25. The fourth-order valence-electron chi connectivity index (χ4n) is 2.01. The lowest BCUT2D eigenvalue weighted by Gasteiger charge is -2.08. The van der Waals surface area contributed by atoms with Crippen LogP contribution in [0.25, 0.3) is 16.7 Å². The number of aromatic nitrogens is 1. The van der Waals surface area contributed by atoms with Crippen LogP contribution >= 0.6 is 15.9 Å². The topological polar surface area (TPSA) is 46.3 Å². The Morgan fingerprint density at radius 1 is 1.35 bits per heavy atom. The van der Waals surface area contributed by atoms with E-state index in [-0.39, 0.29) is 22.6 Å². The molecule has 0 fully saturated rings. The molecule has 1 N–H and O–H groups in total. The summed E-state index contributed by atoms with van der Waals surface area (Å²) in [6.45, 7) is 1.23. The predicted octanol–water partition coefficient (Wildman–Crippen LogP) is 5.21. The van der Waals surface area contributed by atoms with Crippen LogP contribution in [-0.2, 0) is 12.8 Å². The van der Waals surface area contributed by atoms with Crippen molar-refractivity contribution in [2.75, 3.05) is 0 Å². The van der Waals surface area contributed by atoms with Gasteiger partial charge in [0.2, 0.25) is 5.89 Å². The van der Waals surface area contributed by atoms with Gasteiger partial charge in [0, 0.05) is 5.57 Å². The van der Waals surface area contributed by atoms with E-state index in [0.29, 0.717) is 5.57 Å². The molecule has 1 heterocycles. The molecule has 0 bridgehead atoms. The Labute approximate surface area is 139 Å². The molecule has 23 heavy (non-hydrogen) atoms. The predicted molar refractivity (Wildman–Crippen MR) is 85.8 cm³/mol. The first-order valence-corrected chi connectivity index (χ1v) is 7.54. The lowest BCUT2D eigenvalue weighted by Crippen LogP contribution is -2.06. The van der Waals surface area contributed by atoms with Gasteiger partial charge in [-0.05, 0) is 35.7 Å². The number of nitrogens with zero attached hydrogens (tertiary/aromatic N) is 1. The standard InChI is InChI=1S/C16H13BrF3NO2/c1-2-11(5-3-4-6-17)15-21-13-8-10(9-22)7-12(14(13)23-15)16(18,19)20/h2-8,22H,9H2,1H3/b5-3-,6-4+,11-2-. The summed E-state index contributed by atoms with van der Waals surface area (Å²) < 4.78 is 44.8. The quantitative estimate of drug-likeness (QED) is 0.732. The van der Waals surface area contributed by atoms with Gasteiger partial charge in [-0.15, -0.1) is 0 Å². The number of allylic oxidation sites excluding steroid dienone is 5. The van der Waals surface area contributed by atoms with E-state index >= 15 is 0 Å². The number of hydrogen-bond donors (Lipinski definition) is 1. The van der Waals surface area contributed by atoms with Gasteiger partial charge in [-0.25, -0.2) is 4.98 Å². The van der Waals surface area contributed by atoms with Crippen LogP contribution in [0.5, 0.6) is 0 Å². The summed E-state index contributed by atoms with van der Waals surface area (Å²) in [4.78, 5) is 5.75. The van der Waals surface area contributed by atoms with Crippen LogP contribution in [0.4, 0.5) is 13.2 Å². The molecular formula is C16H13BrF3NO2. The zero-order valence-corrected chi connectivity index (χ0v) is 13.6. The number of fused-ring (bicyclic) bond motifs is 1. The van der Waals surface area contributed by atoms with E-state index in [0.717, 1.165) is 6.07 Å². The van der Waals surface area contributed by atoms with Crippen LogP contribution in [-0.4, -0.2) is 10.1 Å². The maximum atomic E-state index is 13.2. The molecule has 7 heteroatoms. The molecular weight excluding hydrogens is 375 g/mol. The van der Waals surface area contributed by atoms with Crippen molar-refractivity contribution in [3.63, 3.8) is 0 Å². The van der Waals surface area contributed by atoms with Gasteiger partial charge in [0.25, 0.3) is 0 Å². The van der Waals surface area contributed by atoms with Gasteiger partial charge in [-0.1, -0.05) is 34.2 Å². The third-order valence-electron chi connectivity index (χ3n) is 3.06. The third-order valence-corrected chi connectivity index (χ3v) is 3.36. The molecule has 0 aliphatic rings. The highest BCUT2D eigenvalue weighted by Crippen LogP contribution is 2.37. The SMILES string of the molecule is C/C=C(/C=C\C=C\Br)c1nc2cc(CO)cc(C(F)(F)F)c2o1. The smallest absolute Gasteiger partial charge is 0.420 e. The van der Waals surface area contributed by atoms with Crippen molar-refractivity contribution in [3.8, 4) is 0 Å². The largest absolute Gasteiger partial charge is 0.435 e. The number of alkyl halides is 3. The first kappa shape index (κ1) is 17.5. The van der Waals surface area contributed by atoms with Crippen molar-refractivity contribution >= 4 is 32.6 Å². The first-order valence-electron chi connectivity index (χ1n) is 6.62. The highest BCUT2D eigenvalue weighted by Gasteiger charge is 2.35. The second-order valence-corrected chi connectivity index (χ2v) is 5.12. The monoisotopic (exact) mass is 387 g/mol.